The summed E-state index contributed by atoms with van der Waals surface area (Å²) in [6.45, 7) is 1.42. The van der Waals surface area contributed by atoms with E-state index in [4.69, 9.17) is 22.1 Å². The second kappa shape index (κ2) is 8.93. The molecule has 2 aromatic rings. The van der Waals surface area contributed by atoms with Gasteiger partial charge < -0.3 is 20.3 Å². The number of pyridine rings is 1. The number of rotatable bonds is 5. The van der Waals surface area contributed by atoms with Crippen LogP contribution in [0.2, 0.25) is 5.02 Å². The van der Waals surface area contributed by atoms with Crippen molar-refractivity contribution in [3.63, 3.8) is 0 Å². The van der Waals surface area contributed by atoms with Gasteiger partial charge in [0.15, 0.2) is 0 Å². The monoisotopic (exact) mass is 442 g/mol. The Labute approximate surface area is 184 Å². The van der Waals surface area contributed by atoms with E-state index in [2.05, 4.69) is 4.98 Å². The topological polar surface area (TPSA) is 106 Å². The Bertz CT molecular complexity index is 997. The van der Waals surface area contributed by atoms with Crippen LogP contribution in [0.3, 0.4) is 0 Å². The van der Waals surface area contributed by atoms with E-state index < -0.39 is 5.91 Å². The molecule has 2 saturated heterocycles. The Morgan fingerprint density at radius 3 is 2.68 bits per heavy atom. The van der Waals surface area contributed by atoms with Gasteiger partial charge in [-0.15, -0.1) is 0 Å². The van der Waals surface area contributed by atoms with E-state index in [9.17, 15) is 14.4 Å². The highest BCUT2D eigenvalue weighted by Crippen LogP contribution is 2.28. The van der Waals surface area contributed by atoms with E-state index in [0.717, 1.165) is 18.5 Å². The molecule has 1 aromatic carbocycles. The van der Waals surface area contributed by atoms with Crippen molar-refractivity contribution >= 4 is 35.0 Å². The maximum Gasteiger partial charge on any atom is 0.267 e. The Morgan fingerprint density at radius 2 is 1.94 bits per heavy atom. The first-order valence-corrected chi connectivity index (χ1v) is 10.6. The molecule has 31 heavy (non-hydrogen) atoms. The predicted molar refractivity (Wildman–Crippen MR) is 115 cm³/mol. The molecule has 0 spiro atoms. The van der Waals surface area contributed by atoms with Gasteiger partial charge in [0.25, 0.3) is 5.91 Å². The van der Waals surface area contributed by atoms with Gasteiger partial charge >= 0.3 is 0 Å². The van der Waals surface area contributed by atoms with Crippen LogP contribution in [0.1, 0.15) is 29.8 Å². The van der Waals surface area contributed by atoms with Crippen molar-refractivity contribution in [3.8, 4) is 5.75 Å². The lowest BCUT2D eigenvalue weighted by Crippen LogP contribution is -2.47. The predicted octanol–water partition coefficient (Wildman–Crippen LogP) is 2.26. The molecule has 0 bridgehead atoms. The molecular weight excluding hydrogens is 420 g/mol. The summed E-state index contributed by atoms with van der Waals surface area (Å²) in [6, 6.07) is 10.2. The first kappa shape index (κ1) is 21.1. The maximum absolute atomic E-state index is 13.1. The lowest BCUT2D eigenvalue weighted by Gasteiger charge is -2.34. The molecule has 1 aromatic heterocycles. The number of benzene rings is 1. The second-order valence-corrected chi connectivity index (χ2v) is 8.23. The number of aromatic nitrogens is 1. The summed E-state index contributed by atoms with van der Waals surface area (Å²) >= 11 is 5.93. The van der Waals surface area contributed by atoms with Gasteiger partial charge in [-0.2, -0.15) is 0 Å². The van der Waals surface area contributed by atoms with Gasteiger partial charge in [-0.3, -0.25) is 19.4 Å². The van der Waals surface area contributed by atoms with Crippen LogP contribution in [0, 0.1) is 5.92 Å². The number of amides is 3. The fraction of sp³-hybridized carbons (Fsp3) is 0.364. The molecule has 0 saturated carbocycles. The molecule has 0 radical (unpaired) electrons. The first-order chi connectivity index (χ1) is 14.9. The number of nitrogens with two attached hydrogens (primary N) is 1. The van der Waals surface area contributed by atoms with Gasteiger partial charge in [0.1, 0.15) is 17.5 Å². The molecule has 2 aliphatic rings. The fourth-order valence-corrected chi connectivity index (χ4v) is 4.17. The molecular formula is C22H23ClN4O4. The number of hydrogen-bond donors (Lipinski definition) is 1. The summed E-state index contributed by atoms with van der Waals surface area (Å²) in [5.74, 6) is -0.619. The van der Waals surface area contributed by atoms with Crippen molar-refractivity contribution in [2.24, 2.45) is 11.7 Å². The molecule has 9 heteroatoms. The lowest BCUT2D eigenvalue weighted by molar-refractivity contribution is -0.138. The van der Waals surface area contributed by atoms with Crippen molar-refractivity contribution in [1.29, 1.82) is 0 Å². The summed E-state index contributed by atoms with van der Waals surface area (Å²) in [6.07, 6.45) is 3.04. The maximum atomic E-state index is 13.1. The normalized spacial score (nSPS) is 21.3. The number of ether oxygens (including phenoxy) is 1. The smallest absolute Gasteiger partial charge is 0.267 e. The average Bonchev–Trinajstić information content (AvgIpc) is 3.15. The minimum Gasteiger partial charge on any atom is -0.488 e. The molecule has 3 amide bonds. The Hall–Kier alpha value is -3.13. The third-order valence-electron chi connectivity index (χ3n) is 5.59. The number of likely N-dealkylation sites (tertiary alicyclic amines) is 1. The van der Waals surface area contributed by atoms with E-state index in [-0.39, 0.29) is 36.0 Å². The third-order valence-corrected chi connectivity index (χ3v) is 5.84. The van der Waals surface area contributed by atoms with E-state index in [1.54, 1.807) is 40.1 Å². The van der Waals surface area contributed by atoms with E-state index in [1.165, 1.54) is 12.3 Å². The second-order valence-electron chi connectivity index (χ2n) is 7.79. The van der Waals surface area contributed by atoms with Crippen LogP contribution in [-0.4, -0.2) is 53.3 Å². The fourth-order valence-electron chi connectivity index (χ4n) is 4.05. The number of halogens is 1. The standard InChI is InChI=1S/C22H23ClN4O4/c23-15-3-5-16(6-4-15)27-12-14(10-20(27)28)22(30)26-9-1-2-18(13-26)31-17-7-8-25-19(11-17)21(24)29/h3-8,11,14,18H,1-2,9-10,12-13H2,(H2,24,29). The van der Waals surface area contributed by atoms with Crippen molar-refractivity contribution in [3.05, 3.63) is 53.3 Å². The van der Waals surface area contributed by atoms with Crippen LogP contribution in [0.5, 0.6) is 5.75 Å². The number of nitrogens with zero attached hydrogens (tertiary/aromatic N) is 3. The summed E-state index contributed by atoms with van der Waals surface area (Å²) in [5, 5.41) is 0.597. The lowest BCUT2D eigenvalue weighted by atomic mass is 10.0. The highest BCUT2D eigenvalue weighted by molar-refractivity contribution is 6.30. The summed E-state index contributed by atoms with van der Waals surface area (Å²) in [4.78, 5) is 44.3. The summed E-state index contributed by atoms with van der Waals surface area (Å²) < 4.78 is 5.98. The van der Waals surface area contributed by atoms with Crippen molar-refractivity contribution in [2.45, 2.75) is 25.4 Å². The largest absolute Gasteiger partial charge is 0.488 e. The van der Waals surface area contributed by atoms with E-state index in [1.807, 2.05) is 0 Å². The highest BCUT2D eigenvalue weighted by atomic mass is 35.5. The number of hydrogen-bond acceptors (Lipinski definition) is 5. The number of carbonyl (C=O) groups excluding carboxylic acids is 3. The van der Waals surface area contributed by atoms with Gasteiger partial charge in [0.2, 0.25) is 11.8 Å². The van der Waals surface area contributed by atoms with E-state index >= 15 is 0 Å². The summed E-state index contributed by atoms with van der Waals surface area (Å²) in [5.41, 5.74) is 6.15. The van der Waals surface area contributed by atoms with Crippen molar-refractivity contribution in [2.75, 3.05) is 24.5 Å². The van der Waals surface area contributed by atoms with Crippen molar-refractivity contribution in [1.82, 2.24) is 9.88 Å². The zero-order valence-electron chi connectivity index (χ0n) is 16.9. The number of piperidine rings is 1. The van der Waals surface area contributed by atoms with E-state index in [0.29, 0.717) is 30.4 Å². The van der Waals surface area contributed by atoms with Gasteiger partial charge in [0, 0.05) is 42.5 Å². The molecule has 2 N–H and O–H groups in total. The molecule has 2 fully saturated rings. The third kappa shape index (κ3) is 4.80. The Kier molecular flexibility index (Phi) is 6.08. The molecule has 2 aliphatic heterocycles. The van der Waals surface area contributed by atoms with Gasteiger partial charge in [0.05, 0.1) is 12.5 Å². The minimum absolute atomic E-state index is 0.0364. The molecule has 3 heterocycles. The zero-order chi connectivity index (χ0) is 22.0. The van der Waals surface area contributed by atoms with Crippen LogP contribution in [0.15, 0.2) is 42.6 Å². The van der Waals surface area contributed by atoms with Gasteiger partial charge in [-0.1, -0.05) is 11.6 Å². The minimum atomic E-state index is -0.623. The number of carbonyl (C=O) groups is 3. The number of anilines is 1. The van der Waals surface area contributed by atoms with Crippen LogP contribution >= 0.6 is 11.6 Å². The van der Waals surface area contributed by atoms with Crippen molar-refractivity contribution < 1.29 is 19.1 Å². The van der Waals surface area contributed by atoms with Crippen LogP contribution < -0.4 is 15.4 Å². The number of primary amides is 1. The molecule has 2 unspecified atom stereocenters. The molecule has 4 rings (SSSR count). The average molecular weight is 443 g/mol. The SMILES string of the molecule is NC(=O)c1cc(OC2CCCN(C(=O)C3CC(=O)N(c4ccc(Cl)cc4)C3)C2)ccn1. The Balaban J connectivity index is 1.38. The van der Waals surface area contributed by atoms with Crippen LogP contribution in [-0.2, 0) is 9.59 Å². The molecule has 8 nitrogen and oxygen atoms in total. The quantitative estimate of drug-likeness (QED) is 0.764. The van der Waals surface area contributed by atoms with Gasteiger partial charge in [-0.05, 0) is 43.2 Å². The summed E-state index contributed by atoms with van der Waals surface area (Å²) in [7, 11) is 0. The van der Waals surface area contributed by atoms with Crippen LogP contribution in [0.4, 0.5) is 5.69 Å². The van der Waals surface area contributed by atoms with Gasteiger partial charge in [-0.25, -0.2) is 0 Å². The molecule has 2 atom stereocenters. The Morgan fingerprint density at radius 1 is 1.16 bits per heavy atom. The molecule has 162 valence electrons. The zero-order valence-corrected chi connectivity index (χ0v) is 17.6. The van der Waals surface area contributed by atoms with Crippen LogP contribution in [0.25, 0.3) is 0 Å². The molecule has 0 aliphatic carbocycles. The highest BCUT2D eigenvalue weighted by Gasteiger charge is 2.38. The first-order valence-electron chi connectivity index (χ1n) is 10.2.